The van der Waals surface area contributed by atoms with Crippen molar-refractivity contribution in [2.45, 2.75) is 26.7 Å². The maximum atomic E-state index is 11.4. The predicted molar refractivity (Wildman–Crippen MR) is 61.2 cm³/mol. The zero-order chi connectivity index (χ0) is 11.3. The predicted octanol–water partition coefficient (Wildman–Crippen LogP) is 2.85. The third kappa shape index (κ3) is 3.74. The Balaban J connectivity index is 2.54. The average Bonchev–Trinajstić information content (AvgIpc) is 2.26. The molecular formula is C13H18O2. The molecule has 0 aromatic heterocycles. The number of carbonyl (C=O) groups excluding carboxylic acids is 1. The van der Waals surface area contributed by atoms with E-state index in [2.05, 4.69) is 0 Å². The topological polar surface area (TPSA) is 26.3 Å². The van der Waals surface area contributed by atoms with Crippen molar-refractivity contribution < 1.29 is 9.53 Å². The molecule has 0 aliphatic heterocycles. The molecule has 0 aliphatic rings. The normalized spacial score (nSPS) is 10.4. The summed E-state index contributed by atoms with van der Waals surface area (Å²) in [6.07, 6.45) is 1.42. The molecule has 0 N–H and O–H groups in total. The van der Waals surface area contributed by atoms with Crippen molar-refractivity contribution >= 4 is 5.78 Å². The number of rotatable bonds is 5. The Morgan fingerprint density at radius 3 is 2.73 bits per heavy atom. The fraction of sp³-hybridized carbons (Fsp3) is 0.462. The molecule has 1 aromatic rings. The van der Waals surface area contributed by atoms with E-state index in [0.29, 0.717) is 12.2 Å². The van der Waals surface area contributed by atoms with Gasteiger partial charge in [0.2, 0.25) is 0 Å². The largest absolute Gasteiger partial charge is 0.497 e. The molecule has 0 unspecified atom stereocenters. The average molecular weight is 206 g/mol. The summed E-state index contributed by atoms with van der Waals surface area (Å²) in [4.78, 5) is 11.4. The molecule has 0 amide bonds. The molecule has 82 valence electrons. The fourth-order valence-corrected chi connectivity index (χ4v) is 1.38. The minimum atomic E-state index is 0.135. The van der Waals surface area contributed by atoms with Crippen LogP contribution < -0.4 is 4.74 Å². The first kappa shape index (κ1) is 11.8. The summed E-state index contributed by atoms with van der Waals surface area (Å²) in [6.45, 7) is 3.88. The van der Waals surface area contributed by atoms with Crippen molar-refractivity contribution in [3.05, 3.63) is 29.8 Å². The molecule has 2 nitrogen and oxygen atoms in total. The lowest BCUT2D eigenvalue weighted by atomic mass is 10.0. The first-order valence-electron chi connectivity index (χ1n) is 5.29. The Bertz CT molecular complexity index is 329. The first-order chi connectivity index (χ1) is 7.13. The first-order valence-corrected chi connectivity index (χ1v) is 5.29. The fourth-order valence-electron chi connectivity index (χ4n) is 1.38. The number of Topliss-reactive ketones (excluding diaryl/α,β-unsaturated/α-hetero) is 1. The Kier molecular flexibility index (Phi) is 4.35. The van der Waals surface area contributed by atoms with Crippen LogP contribution in [0.25, 0.3) is 0 Å². The Hall–Kier alpha value is -1.31. The van der Waals surface area contributed by atoms with E-state index in [-0.39, 0.29) is 5.92 Å². The van der Waals surface area contributed by atoms with Gasteiger partial charge in [-0.2, -0.15) is 0 Å². The van der Waals surface area contributed by atoms with Gasteiger partial charge in [0.25, 0.3) is 0 Å². The molecular weight excluding hydrogens is 188 g/mol. The zero-order valence-electron chi connectivity index (χ0n) is 9.62. The van der Waals surface area contributed by atoms with E-state index in [0.717, 1.165) is 17.7 Å². The second-order valence-electron chi connectivity index (χ2n) is 3.97. The van der Waals surface area contributed by atoms with Gasteiger partial charge in [-0.1, -0.05) is 26.0 Å². The minimum Gasteiger partial charge on any atom is -0.497 e. The monoisotopic (exact) mass is 206 g/mol. The highest BCUT2D eigenvalue weighted by Crippen LogP contribution is 2.14. The Labute approximate surface area is 91.3 Å². The van der Waals surface area contributed by atoms with Crippen LogP contribution in [0.4, 0.5) is 0 Å². The smallest absolute Gasteiger partial charge is 0.135 e. The van der Waals surface area contributed by atoms with Gasteiger partial charge in [0.15, 0.2) is 0 Å². The number of methoxy groups -OCH3 is 1. The number of ether oxygens (including phenoxy) is 1. The SMILES string of the molecule is COc1cccc(CCC(=O)C(C)C)c1. The summed E-state index contributed by atoms with van der Waals surface area (Å²) in [5.74, 6) is 1.30. The summed E-state index contributed by atoms with van der Waals surface area (Å²) in [5, 5.41) is 0. The molecule has 2 heteroatoms. The molecule has 1 aromatic carbocycles. The van der Waals surface area contributed by atoms with E-state index in [9.17, 15) is 4.79 Å². The maximum absolute atomic E-state index is 11.4. The van der Waals surface area contributed by atoms with E-state index >= 15 is 0 Å². The van der Waals surface area contributed by atoms with Crippen molar-refractivity contribution in [2.75, 3.05) is 7.11 Å². The number of benzene rings is 1. The van der Waals surface area contributed by atoms with Crippen molar-refractivity contribution in [1.82, 2.24) is 0 Å². The number of hydrogen-bond donors (Lipinski definition) is 0. The summed E-state index contributed by atoms with van der Waals surface area (Å²) in [6, 6.07) is 7.87. The highest BCUT2D eigenvalue weighted by Gasteiger charge is 2.07. The van der Waals surface area contributed by atoms with Crippen LogP contribution in [0.15, 0.2) is 24.3 Å². The van der Waals surface area contributed by atoms with Gasteiger partial charge in [-0.3, -0.25) is 4.79 Å². The molecule has 0 radical (unpaired) electrons. The van der Waals surface area contributed by atoms with E-state index in [1.165, 1.54) is 0 Å². The minimum absolute atomic E-state index is 0.135. The van der Waals surface area contributed by atoms with E-state index in [1.807, 2.05) is 38.1 Å². The quantitative estimate of drug-likeness (QED) is 0.740. The van der Waals surface area contributed by atoms with Gasteiger partial charge in [0, 0.05) is 12.3 Å². The lowest BCUT2D eigenvalue weighted by Gasteiger charge is -2.05. The van der Waals surface area contributed by atoms with Gasteiger partial charge in [-0.25, -0.2) is 0 Å². The van der Waals surface area contributed by atoms with Crippen molar-refractivity contribution in [1.29, 1.82) is 0 Å². The van der Waals surface area contributed by atoms with Crippen LogP contribution >= 0.6 is 0 Å². The van der Waals surface area contributed by atoms with Crippen LogP contribution in [0.5, 0.6) is 5.75 Å². The van der Waals surface area contributed by atoms with Crippen LogP contribution in [-0.2, 0) is 11.2 Å². The van der Waals surface area contributed by atoms with Gasteiger partial charge in [0.1, 0.15) is 11.5 Å². The second-order valence-corrected chi connectivity index (χ2v) is 3.97. The lowest BCUT2D eigenvalue weighted by Crippen LogP contribution is -2.07. The summed E-state index contributed by atoms with van der Waals surface area (Å²) in [7, 11) is 1.65. The number of aryl methyl sites for hydroxylation is 1. The van der Waals surface area contributed by atoms with Crippen LogP contribution in [-0.4, -0.2) is 12.9 Å². The van der Waals surface area contributed by atoms with Gasteiger partial charge in [-0.15, -0.1) is 0 Å². The Morgan fingerprint density at radius 1 is 1.40 bits per heavy atom. The highest BCUT2D eigenvalue weighted by atomic mass is 16.5. The Morgan fingerprint density at radius 2 is 2.13 bits per heavy atom. The molecule has 0 spiro atoms. The zero-order valence-corrected chi connectivity index (χ0v) is 9.62. The molecule has 0 saturated heterocycles. The van der Waals surface area contributed by atoms with Crippen molar-refractivity contribution in [3.8, 4) is 5.75 Å². The maximum Gasteiger partial charge on any atom is 0.135 e. The highest BCUT2D eigenvalue weighted by molar-refractivity contribution is 5.80. The van der Waals surface area contributed by atoms with Crippen LogP contribution in [0, 0.1) is 5.92 Å². The van der Waals surface area contributed by atoms with Gasteiger partial charge >= 0.3 is 0 Å². The van der Waals surface area contributed by atoms with Crippen LogP contribution in [0.1, 0.15) is 25.8 Å². The third-order valence-corrected chi connectivity index (χ3v) is 2.44. The molecule has 0 saturated carbocycles. The summed E-state index contributed by atoms with van der Waals surface area (Å²) < 4.78 is 5.12. The third-order valence-electron chi connectivity index (χ3n) is 2.44. The molecule has 15 heavy (non-hydrogen) atoms. The lowest BCUT2D eigenvalue weighted by molar-refractivity contribution is -0.121. The van der Waals surface area contributed by atoms with Gasteiger partial charge in [0.05, 0.1) is 7.11 Å². The molecule has 1 rings (SSSR count). The molecule has 0 bridgehead atoms. The van der Waals surface area contributed by atoms with Crippen molar-refractivity contribution in [2.24, 2.45) is 5.92 Å². The van der Waals surface area contributed by atoms with E-state index < -0.39 is 0 Å². The van der Waals surface area contributed by atoms with Crippen molar-refractivity contribution in [3.63, 3.8) is 0 Å². The van der Waals surface area contributed by atoms with Gasteiger partial charge < -0.3 is 4.74 Å². The van der Waals surface area contributed by atoms with E-state index in [4.69, 9.17) is 4.74 Å². The second kappa shape index (κ2) is 5.54. The molecule has 0 atom stereocenters. The molecule has 0 heterocycles. The summed E-state index contributed by atoms with van der Waals surface area (Å²) in [5.41, 5.74) is 1.16. The number of hydrogen-bond acceptors (Lipinski definition) is 2. The van der Waals surface area contributed by atoms with Gasteiger partial charge in [-0.05, 0) is 24.1 Å². The standard InChI is InChI=1S/C13H18O2/c1-10(2)13(14)8-7-11-5-4-6-12(9-11)15-3/h4-6,9-10H,7-8H2,1-3H3. The van der Waals surface area contributed by atoms with Crippen LogP contribution in [0.3, 0.4) is 0 Å². The molecule has 0 fully saturated rings. The number of carbonyl (C=O) groups is 1. The van der Waals surface area contributed by atoms with E-state index in [1.54, 1.807) is 7.11 Å². The van der Waals surface area contributed by atoms with Crippen LogP contribution in [0.2, 0.25) is 0 Å². The summed E-state index contributed by atoms with van der Waals surface area (Å²) >= 11 is 0. The number of ketones is 1. The molecule has 0 aliphatic carbocycles.